The van der Waals surface area contributed by atoms with Crippen molar-refractivity contribution in [3.63, 3.8) is 0 Å². The first-order valence-corrected chi connectivity index (χ1v) is 13.3. The van der Waals surface area contributed by atoms with E-state index in [0.717, 1.165) is 30.4 Å². The number of ether oxygens (including phenoxy) is 1. The molecular formula is C31H43N3O4. The van der Waals surface area contributed by atoms with Crippen LogP contribution in [-0.4, -0.2) is 47.5 Å². The summed E-state index contributed by atoms with van der Waals surface area (Å²) in [5.41, 5.74) is 1.88. The van der Waals surface area contributed by atoms with Crippen molar-refractivity contribution in [2.45, 2.75) is 78.0 Å². The van der Waals surface area contributed by atoms with Crippen molar-refractivity contribution < 1.29 is 19.1 Å². The normalized spacial score (nSPS) is 12.7. The number of carbonyl (C=O) groups is 3. The van der Waals surface area contributed by atoms with Crippen LogP contribution in [0.3, 0.4) is 0 Å². The Labute approximate surface area is 227 Å². The van der Waals surface area contributed by atoms with E-state index in [-0.39, 0.29) is 18.9 Å². The minimum Gasteiger partial charge on any atom is -0.444 e. The summed E-state index contributed by atoms with van der Waals surface area (Å²) in [6.07, 6.45) is 4.04. The molecule has 0 aromatic heterocycles. The van der Waals surface area contributed by atoms with Crippen molar-refractivity contribution in [3.05, 3.63) is 83.9 Å². The predicted octanol–water partition coefficient (Wildman–Crippen LogP) is 5.49. The van der Waals surface area contributed by atoms with Crippen molar-refractivity contribution in [3.8, 4) is 0 Å². The third-order valence-electron chi connectivity index (χ3n) is 5.91. The lowest BCUT2D eigenvalue weighted by molar-refractivity contribution is -0.141. The lowest BCUT2D eigenvalue weighted by Gasteiger charge is -2.34. The van der Waals surface area contributed by atoms with Crippen molar-refractivity contribution in [1.82, 2.24) is 15.5 Å². The third kappa shape index (κ3) is 10.0. The van der Waals surface area contributed by atoms with Crippen LogP contribution in [0.25, 0.3) is 0 Å². The first-order chi connectivity index (χ1) is 18.1. The number of benzene rings is 2. The molecule has 2 atom stereocenters. The molecule has 0 bridgehead atoms. The standard InChI is InChI=1S/C31H43N3O4/c1-7-9-13-20-32-28(35)27(25-18-16-23(3)17-19-25)34(21-8-2)29(36)26(22-24-14-11-10-12-15-24)33-30(37)38-31(4,5)6/h8,10-12,14-19,26-27H,2,7,9,13,20-22H2,1,3-6H3,(H,32,35)(H,33,37). The number of carbonyl (C=O) groups excluding carboxylic acids is 3. The molecule has 2 unspecified atom stereocenters. The number of amides is 3. The second-order valence-electron chi connectivity index (χ2n) is 10.5. The molecule has 0 aliphatic rings. The number of alkyl carbamates (subject to hydrolysis) is 1. The van der Waals surface area contributed by atoms with Gasteiger partial charge in [0, 0.05) is 19.5 Å². The topological polar surface area (TPSA) is 87.7 Å². The van der Waals surface area contributed by atoms with Gasteiger partial charge in [0.25, 0.3) is 0 Å². The van der Waals surface area contributed by atoms with Gasteiger partial charge in [0.2, 0.25) is 11.8 Å². The van der Waals surface area contributed by atoms with E-state index >= 15 is 0 Å². The number of hydrogen-bond donors (Lipinski definition) is 2. The second kappa shape index (κ2) is 15.0. The van der Waals surface area contributed by atoms with Gasteiger partial charge in [0.1, 0.15) is 17.7 Å². The fourth-order valence-electron chi connectivity index (χ4n) is 4.07. The van der Waals surface area contributed by atoms with Gasteiger partial charge in [0.15, 0.2) is 0 Å². The Kier molecular flexibility index (Phi) is 12.1. The number of hydrogen-bond acceptors (Lipinski definition) is 4. The molecule has 2 rings (SSSR count). The molecule has 7 heteroatoms. The van der Waals surface area contributed by atoms with Crippen molar-refractivity contribution in [2.75, 3.05) is 13.1 Å². The maximum atomic E-state index is 14.1. The monoisotopic (exact) mass is 521 g/mol. The van der Waals surface area contributed by atoms with Crippen molar-refractivity contribution >= 4 is 17.9 Å². The minimum atomic E-state index is -0.951. The molecule has 2 N–H and O–H groups in total. The van der Waals surface area contributed by atoms with Gasteiger partial charge in [-0.2, -0.15) is 0 Å². The summed E-state index contributed by atoms with van der Waals surface area (Å²) in [5.74, 6) is -0.662. The van der Waals surface area contributed by atoms with E-state index < -0.39 is 29.7 Å². The van der Waals surface area contributed by atoms with E-state index in [2.05, 4.69) is 24.1 Å². The van der Waals surface area contributed by atoms with Gasteiger partial charge in [-0.05, 0) is 45.2 Å². The summed E-state index contributed by atoms with van der Waals surface area (Å²) in [5, 5.41) is 5.76. The highest BCUT2D eigenvalue weighted by molar-refractivity contribution is 5.92. The predicted molar refractivity (Wildman–Crippen MR) is 152 cm³/mol. The van der Waals surface area contributed by atoms with E-state index in [1.807, 2.05) is 61.5 Å². The molecule has 0 radical (unpaired) electrons. The highest BCUT2D eigenvalue weighted by atomic mass is 16.6. The Balaban J connectivity index is 2.45. The van der Waals surface area contributed by atoms with Crippen molar-refractivity contribution in [1.29, 1.82) is 0 Å². The molecule has 0 fully saturated rings. The van der Waals surface area contributed by atoms with Gasteiger partial charge in [0.05, 0.1) is 0 Å². The van der Waals surface area contributed by atoms with E-state index in [1.54, 1.807) is 26.8 Å². The zero-order chi connectivity index (χ0) is 28.1. The highest BCUT2D eigenvalue weighted by Gasteiger charge is 2.35. The summed E-state index contributed by atoms with van der Waals surface area (Å²) in [4.78, 5) is 41.9. The van der Waals surface area contributed by atoms with Gasteiger partial charge < -0.3 is 20.3 Å². The number of nitrogens with one attached hydrogen (secondary N) is 2. The fraction of sp³-hybridized carbons (Fsp3) is 0.452. The van der Waals surface area contributed by atoms with E-state index in [1.165, 1.54) is 4.90 Å². The Morgan fingerprint density at radius 3 is 2.26 bits per heavy atom. The molecule has 7 nitrogen and oxygen atoms in total. The lowest BCUT2D eigenvalue weighted by atomic mass is 9.99. The smallest absolute Gasteiger partial charge is 0.408 e. The molecule has 0 heterocycles. The quantitative estimate of drug-likeness (QED) is 0.269. The van der Waals surface area contributed by atoms with E-state index in [0.29, 0.717) is 12.1 Å². The number of aryl methyl sites for hydroxylation is 1. The van der Waals surface area contributed by atoms with Crippen LogP contribution in [0.2, 0.25) is 0 Å². The van der Waals surface area contributed by atoms with Crippen LogP contribution < -0.4 is 10.6 Å². The molecule has 0 saturated heterocycles. The SMILES string of the molecule is C=CCN(C(=O)C(Cc1ccccc1)NC(=O)OC(C)(C)C)C(C(=O)NCCCCC)c1ccc(C)cc1. The highest BCUT2D eigenvalue weighted by Crippen LogP contribution is 2.24. The molecule has 3 amide bonds. The van der Waals surface area contributed by atoms with E-state index in [4.69, 9.17) is 4.74 Å². The summed E-state index contributed by atoms with van der Waals surface area (Å²) < 4.78 is 5.46. The molecule has 0 spiro atoms. The molecule has 0 aliphatic heterocycles. The summed E-state index contributed by atoms with van der Waals surface area (Å²) in [7, 11) is 0. The van der Waals surface area contributed by atoms with Crippen molar-refractivity contribution in [2.24, 2.45) is 0 Å². The average molecular weight is 522 g/mol. The van der Waals surface area contributed by atoms with E-state index in [9.17, 15) is 14.4 Å². The molecule has 2 aromatic rings. The second-order valence-corrected chi connectivity index (χ2v) is 10.5. The summed E-state index contributed by atoms with van der Waals surface area (Å²) in [6, 6.07) is 15.2. The zero-order valence-corrected chi connectivity index (χ0v) is 23.5. The van der Waals surface area contributed by atoms with Crippen LogP contribution in [0, 0.1) is 6.92 Å². The third-order valence-corrected chi connectivity index (χ3v) is 5.91. The largest absolute Gasteiger partial charge is 0.444 e. The Morgan fingerprint density at radius 1 is 1.03 bits per heavy atom. The van der Waals surface area contributed by atoms with Gasteiger partial charge in [-0.25, -0.2) is 4.79 Å². The molecule has 206 valence electrons. The van der Waals surface area contributed by atoms with Crippen LogP contribution in [0.15, 0.2) is 67.3 Å². The van der Waals surface area contributed by atoms with Crippen LogP contribution in [0.5, 0.6) is 0 Å². The molecular weight excluding hydrogens is 478 g/mol. The number of unbranched alkanes of at least 4 members (excludes halogenated alkanes) is 2. The van der Waals surface area contributed by atoms with Crippen LogP contribution in [-0.2, 0) is 20.7 Å². The Bertz CT molecular complexity index is 1050. The molecule has 0 aliphatic carbocycles. The number of rotatable bonds is 13. The minimum absolute atomic E-state index is 0.126. The van der Waals surface area contributed by atoms with Gasteiger partial charge in [-0.15, -0.1) is 6.58 Å². The number of nitrogens with zero attached hydrogens (tertiary/aromatic N) is 1. The maximum absolute atomic E-state index is 14.1. The lowest BCUT2D eigenvalue weighted by Crippen LogP contribution is -2.54. The molecule has 2 aromatic carbocycles. The first kappa shape index (κ1) is 30.6. The fourth-order valence-corrected chi connectivity index (χ4v) is 4.07. The van der Waals surface area contributed by atoms with Gasteiger partial charge >= 0.3 is 6.09 Å². The van der Waals surface area contributed by atoms with Crippen LogP contribution in [0.1, 0.15) is 69.7 Å². The Morgan fingerprint density at radius 2 is 1.68 bits per heavy atom. The average Bonchev–Trinajstić information content (AvgIpc) is 2.86. The first-order valence-electron chi connectivity index (χ1n) is 13.3. The maximum Gasteiger partial charge on any atom is 0.408 e. The summed E-state index contributed by atoms with van der Waals surface area (Å²) >= 11 is 0. The van der Waals surface area contributed by atoms with Crippen LogP contribution in [0.4, 0.5) is 4.79 Å². The molecule has 0 saturated carbocycles. The Hall–Kier alpha value is -3.61. The molecule has 38 heavy (non-hydrogen) atoms. The van der Waals surface area contributed by atoms with Gasteiger partial charge in [-0.1, -0.05) is 86.0 Å². The van der Waals surface area contributed by atoms with Gasteiger partial charge in [-0.3, -0.25) is 9.59 Å². The van der Waals surface area contributed by atoms with Crippen LogP contribution >= 0.6 is 0 Å². The zero-order valence-electron chi connectivity index (χ0n) is 23.5. The summed E-state index contributed by atoms with van der Waals surface area (Å²) in [6.45, 7) is 13.8.